The molecule has 0 saturated carbocycles. The molecule has 0 spiro atoms. The van der Waals surface area contributed by atoms with Crippen LogP contribution in [0.25, 0.3) is 0 Å². The van der Waals surface area contributed by atoms with Gasteiger partial charge in [-0.25, -0.2) is 4.98 Å². The van der Waals surface area contributed by atoms with Crippen LogP contribution in [0.3, 0.4) is 0 Å². The summed E-state index contributed by atoms with van der Waals surface area (Å²) in [4.78, 5) is 27.9. The van der Waals surface area contributed by atoms with Gasteiger partial charge in [-0.05, 0) is 18.6 Å². The third kappa shape index (κ3) is 3.42. The van der Waals surface area contributed by atoms with Crippen LogP contribution in [0.15, 0.2) is 35.2 Å². The summed E-state index contributed by atoms with van der Waals surface area (Å²) in [7, 11) is 0. The molecule has 5 nitrogen and oxygen atoms in total. The fourth-order valence-electron chi connectivity index (χ4n) is 1.63. The van der Waals surface area contributed by atoms with E-state index in [1.807, 2.05) is 6.92 Å². The number of benzene rings is 1. The van der Waals surface area contributed by atoms with E-state index in [0.717, 1.165) is 6.42 Å². The van der Waals surface area contributed by atoms with Gasteiger partial charge in [0.15, 0.2) is 0 Å². The molecule has 20 heavy (non-hydrogen) atoms. The lowest BCUT2D eigenvalue weighted by Gasteiger charge is -2.10. The first-order valence-electron chi connectivity index (χ1n) is 6.29. The maximum Gasteiger partial charge on any atom is 0.275 e. The molecule has 0 bridgehead atoms. The van der Waals surface area contributed by atoms with Crippen molar-refractivity contribution in [2.24, 2.45) is 0 Å². The Morgan fingerprint density at radius 2 is 2.05 bits per heavy atom. The van der Waals surface area contributed by atoms with E-state index in [4.69, 9.17) is 0 Å². The number of nitrogens with one attached hydrogen (secondary N) is 2. The van der Waals surface area contributed by atoms with Gasteiger partial charge >= 0.3 is 0 Å². The summed E-state index contributed by atoms with van der Waals surface area (Å²) in [5.74, 6) is -0.511. The van der Waals surface area contributed by atoms with Crippen LogP contribution in [0.5, 0.6) is 0 Å². The highest BCUT2D eigenvalue weighted by Crippen LogP contribution is 2.16. The van der Waals surface area contributed by atoms with Gasteiger partial charge in [0.25, 0.3) is 11.8 Å². The lowest BCUT2D eigenvalue weighted by Crippen LogP contribution is -2.25. The average molecular weight is 289 g/mol. The van der Waals surface area contributed by atoms with Gasteiger partial charge in [-0.15, -0.1) is 11.3 Å². The molecule has 6 heteroatoms. The first-order valence-corrected chi connectivity index (χ1v) is 7.23. The van der Waals surface area contributed by atoms with E-state index in [2.05, 4.69) is 15.6 Å². The molecule has 0 fully saturated rings. The minimum atomic E-state index is -0.318. The molecular formula is C14H15N3O2S. The zero-order valence-electron chi connectivity index (χ0n) is 11.1. The quantitative estimate of drug-likeness (QED) is 0.888. The summed E-state index contributed by atoms with van der Waals surface area (Å²) in [6.45, 7) is 2.59. The van der Waals surface area contributed by atoms with Crippen molar-refractivity contribution < 1.29 is 9.59 Å². The Hall–Kier alpha value is -2.21. The van der Waals surface area contributed by atoms with Crippen LogP contribution >= 0.6 is 11.3 Å². The van der Waals surface area contributed by atoms with Crippen molar-refractivity contribution in [3.05, 3.63) is 46.4 Å². The molecular weight excluding hydrogens is 274 g/mol. The normalized spacial score (nSPS) is 10.1. The maximum atomic E-state index is 12.0. The van der Waals surface area contributed by atoms with Gasteiger partial charge in [0, 0.05) is 11.9 Å². The van der Waals surface area contributed by atoms with Crippen LogP contribution in [0, 0.1) is 0 Å². The number of anilines is 1. The summed E-state index contributed by atoms with van der Waals surface area (Å²) < 4.78 is 0. The predicted molar refractivity (Wildman–Crippen MR) is 79.1 cm³/mol. The van der Waals surface area contributed by atoms with E-state index in [1.54, 1.807) is 35.2 Å². The fourth-order valence-corrected chi connectivity index (χ4v) is 2.17. The molecule has 0 saturated heterocycles. The van der Waals surface area contributed by atoms with Crippen molar-refractivity contribution in [3.8, 4) is 0 Å². The summed E-state index contributed by atoms with van der Waals surface area (Å²) in [6.07, 6.45) is 0.860. The first-order chi connectivity index (χ1) is 9.72. The Morgan fingerprint density at radius 1 is 1.25 bits per heavy atom. The SMILES string of the molecule is CCCNC(=O)c1ccccc1NC(=O)c1cscn1. The molecule has 104 valence electrons. The number of hydrogen-bond donors (Lipinski definition) is 2. The molecule has 0 atom stereocenters. The predicted octanol–water partition coefficient (Wildman–Crippen LogP) is 2.54. The highest BCUT2D eigenvalue weighted by molar-refractivity contribution is 7.07. The van der Waals surface area contributed by atoms with Gasteiger partial charge in [0.2, 0.25) is 0 Å². The van der Waals surface area contributed by atoms with E-state index in [0.29, 0.717) is 23.5 Å². The molecule has 2 N–H and O–H groups in total. The lowest BCUT2D eigenvalue weighted by molar-refractivity contribution is 0.0954. The lowest BCUT2D eigenvalue weighted by atomic mass is 10.1. The third-order valence-corrected chi connectivity index (χ3v) is 3.21. The second-order valence-corrected chi connectivity index (χ2v) is 4.85. The minimum Gasteiger partial charge on any atom is -0.352 e. The number of thiazole rings is 1. The summed E-state index contributed by atoms with van der Waals surface area (Å²) in [6, 6.07) is 6.92. The average Bonchev–Trinajstić information content (AvgIpc) is 2.99. The van der Waals surface area contributed by atoms with E-state index >= 15 is 0 Å². The van der Waals surface area contributed by atoms with Crippen molar-refractivity contribution in [1.29, 1.82) is 0 Å². The fraction of sp³-hybridized carbons (Fsp3) is 0.214. The van der Waals surface area contributed by atoms with E-state index < -0.39 is 0 Å². The van der Waals surface area contributed by atoms with Gasteiger partial charge in [-0.2, -0.15) is 0 Å². The number of nitrogens with zero attached hydrogens (tertiary/aromatic N) is 1. The number of carbonyl (C=O) groups excluding carboxylic acids is 2. The highest BCUT2D eigenvalue weighted by atomic mass is 32.1. The highest BCUT2D eigenvalue weighted by Gasteiger charge is 2.14. The van der Waals surface area contributed by atoms with Crippen LogP contribution in [-0.4, -0.2) is 23.3 Å². The monoisotopic (exact) mass is 289 g/mol. The van der Waals surface area contributed by atoms with Crippen LogP contribution < -0.4 is 10.6 Å². The number of rotatable bonds is 5. The Kier molecular flexibility index (Phi) is 4.84. The van der Waals surface area contributed by atoms with Gasteiger partial charge in [0.1, 0.15) is 5.69 Å². The van der Waals surface area contributed by atoms with Gasteiger partial charge in [0.05, 0.1) is 16.8 Å². The molecule has 0 unspecified atom stereocenters. The van der Waals surface area contributed by atoms with Crippen molar-refractivity contribution in [2.75, 3.05) is 11.9 Å². The van der Waals surface area contributed by atoms with Crippen LogP contribution in [-0.2, 0) is 0 Å². The van der Waals surface area contributed by atoms with Crippen LogP contribution in [0.4, 0.5) is 5.69 Å². The molecule has 0 aliphatic heterocycles. The van der Waals surface area contributed by atoms with E-state index in [-0.39, 0.29) is 11.8 Å². The molecule has 1 aromatic carbocycles. The molecule has 2 amide bonds. The van der Waals surface area contributed by atoms with Crippen molar-refractivity contribution >= 4 is 28.8 Å². The minimum absolute atomic E-state index is 0.193. The Morgan fingerprint density at radius 3 is 2.75 bits per heavy atom. The molecule has 0 aliphatic rings. The summed E-state index contributed by atoms with van der Waals surface area (Å²) >= 11 is 1.35. The van der Waals surface area contributed by atoms with Gasteiger partial charge < -0.3 is 10.6 Å². The second kappa shape index (κ2) is 6.81. The molecule has 0 aliphatic carbocycles. The number of carbonyl (C=O) groups is 2. The first kappa shape index (κ1) is 14.2. The Bertz CT molecular complexity index is 596. The maximum absolute atomic E-state index is 12.0. The van der Waals surface area contributed by atoms with E-state index in [9.17, 15) is 9.59 Å². The third-order valence-electron chi connectivity index (χ3n) is 2.62. The zero-order chi connectivity index (χ0) is 14.4. The topological polar surface area (TPSA) is 71.1 Å². The van der Waals surface area contributed by atoms with Gasteiger partial charge in [-0.1, -0.05) is 19.1 Å². The standard InChI is InChI=1S/C14H15N3O2S/c1-2-7-15-13(18)10-5-3-4-6-11(10)17-14(19)12-8-20-9-16-12/h3-6,8-9H,2,7H2,1H3,(H,15,18)(H,17,19). The number of para-hydroxylation sites is 1. The summed E-state index contributed by atoms with van der Waals surface area (Å²) in [5.41, 5.74) is 2.87. The van der Waals surface area contributed by atoms with Crippen molar-refractivity contribution in [2.45, 2.75) is 13.3 Å². The molecule has 2 rings (SSSR count). The molecule has 1 aromatic heterocycles. The van der Waals surface area contributed by atoms with Crippen molar-refractivity contribution in [1.82, 2.24) is 10.3 Å². The zero-order valence-corrected chi connectivity index (χ0v) is 11.9. The van der Waals surface area contributed by atoms with Crippen LogP contribution in [0.1, 0.15) is 34.2 Å². The van der Waals surface area contributed by atoms with Gasteiger partial charge in [-0.3, -0.25) is 9.59 Å². The second-order valence-electron chi connectivity index (χ2n) is 4.13. The Labute approximate surface area is 121 Å². The van der Waals surface area contributed by atoms with Crippen molar-refractivity contribution in [3.63, 3.8) is 0 Å². The molecule has 0 radical (unpaired) electrons. The Balaban J connectivity index is 2.15. The summed E-state index contributed by atoms with van der Waals surface area (Å²) in [5, 5.41) is 7.17. The number of amides is 2. The molecule has 1 heterocycles. The number of hydrogen-bond acceptors (Lipinski definition) is 4. The molecule has 2 aromatic rings. The van der Waals surface area contributed by atoms with E-state index in [1.165, 1.54) is 11.3 Å². The smallest absolute Gasteiger partial charge is 0.275 e. The number of aromatic nitrogens is 1. The van der Waals surface area contributed by atoms with Crippen LogP contribution in [0.2, 0.25) is 0 Å². The largest absolute Gasteiger partial charge is 0.352 e.